The van der Waals surface area contributed by atoms with Crippen molar-refractivity contribution >= 4 is 12.3 Å². The van der Waals surface area contributed by atoms with Crippen molar-refractivity contribution in [3.8, 4) is 0 Å². The molecule has 1 saturated heterocycles. The van der Waals surface area contributed by atoms with Gasteiger partial charge in [0.05, 0.1) is 11.8 Å². The van der Waals surface area contributed by atoms with Crippen molar-refractivity contribution in [3.05, 3.63) is 71.3 Å². The van der Waals surface area contributed by atoms with E-state index in [1.807, 2.05) is 61.5 Å². The zero-order valence-electron chi connectivity index (χ0n) is 12.2. The summed E-state index contributed by atoms with van der Waals surface area (Å²) in [6, 6.07) is 17.4. The molecule has 4 atom stereocenters. The molecule has 0 radical (unpaired) electrons. The Labute approximate surface area is 128 Å². The molecular formula is C19H16O3. The Kier molecular flexibility index (Phi) is 2.73. The predicted octanol–water partition coefficient (Wildman–Crippen LogP) is 3.04. The summed E-state index contributed by atoms with van der Waals surface area (Å²) < 4.78 is 5.89. The van der Waals surface area contributed by atoms with E-state index >= 15 is 0 Å². The third-order valence-corrected chi connectivity index (χ3v) is 5.12. The molecule has 3 nitrogen and oxygen atoms in total. The fraction of sp³-hybridized carbons (Fsp3) is 0.263. The molecule has 110 valence electrons. The van der Waals surface area contributed by atoms with Crippen molar-refractivity contribution < 1.29 is 14.3 Å². The minimum absolute atomic E-state index is 0.0751. The first-order valence-electron chi connectivity index (χ1n) is 7.53. The van der Waals surface area contributed by atoms with Crippen LogP contribution in [-0.2, 0) is 19.9 Å². The van der Waals surface area contributed by atoms with Crippen LogP contribution in [0.5, 0.6) is 0 Å². The van der Waals surface area contributed by atoms with Gasteiger partial charge in [0.1, 0.15) is 6.29 Å². The summed E-state index contributed by atoms with van der Waals surface area (Å²) in [4.78, 5) is 24.4. The molecule has 2 bridgehead atoms. The molecule has 0 aromatic heterocycles. The van der Waals surface area contributed by atoms with E-state index in [4.69, 9.17) is 4.74 Å². The van der Waals surface area contributed by atoms with Crippen LogP contribution in [0.3, 0.4) is 0 Å². The van der Waals surface area contributed by atoms with Gasteiger partial charge in [-0.05, 0) is 11.5 Å². The number of hydrogen-bond donors (Lipinski definition) is 0. The number of rotatable bonds is 2. The molecule has 0 N–H and O–H groups in total. The van der Waals surface area contributed by atoms with Crippen molar-refractivity contribution in [3.63, 3.8) is 0 Å². The Morgan fingerprint density at radius 1 is 1.05 bits per heavy atom. The molecule has 3 heteroatoms. The van der Waals surface area contributed by atoms with E-state index in [0.717, 1.165) is 23.0 Å². The molecule has 1 aliphatic carbocycles. The lowest BCUT2D eigenvalue weighted by atomic mass is 9.58. The Balaban J connectivity index is 2.08. The second-order valence-corrected chi connectivity index (χ2v) is 6.11. The Bertz CT molecular complexity index is 752. The summed E-state index contributed by atoms with van der Waals surface area (Å²) in [6.45, 7) is 1.97. The van der Waals surface area contributed by atoms with Crippen LogP contribution in [-0.4, -0.2) is 12.3 Å². The zero-order valence-corrected chi connectivity index (χ0v) is 12.2. The highest BCUT2D eigenvalue weighted by Crippen LogP contribution is 2.57. The highest BCUT2D eigenvalue weighted by atomic mass is 16.6. The van der Waals surface area contributed by atoms with Gasteiger partial charge in [-0.1, -0.05) is 61.5 Å². The summed E-state index contributed by atoms with van der Waals surface area (Å²) in [6.07, 6.45) is 0.951. The number of carbonyl (C=O) groups is 2. The van der Waals surface area contributed by atoms with E-state index in [1.54, 1.807) is 0 Å². The van der Waals surface area contributed by atoms with Crippen molar-refractivity contribution in [2.75, 3.05) is 0 Å². The predicted molar refractivity (Wildman–Crippen MR) is 81.2 cm³/mol. The van der Waals surface area contributed by atoms with Gasteiger partial charge >= 0.3 is 5.97 Å². The molecule has 0 unspecified atom stereocenters. The maximum absolute atomic E-state index is 12.5. The van der Waals surface area contributed by atoms with E-state index in [0.29, 0.717) is 0 Å². The van der Waals surface area contributed by atoms with E-state index in [9.17, 15) is 9.59 Å². The largest absolute Gasteiger partial charge is 0.448 e. The lowest BCUT2D eigenvalue weighted by molar-refractivity contribution is -0.185. The number of esters is 1. The quantitative estimate of drug-likeness (QED) is 0.631. The molecule has 3 aliphatic rings. The summed E-state index contributed by atoms with van der Waals surface area (Å²) in [5.74, 6) is -1.02. The standard InChI is InChI=1S/C19H16O3/c1-12-16(11-20)19(13-7-3-2-4-8-13)15-10-6-5-9-14(15)17(12)18(21)22-19/h2-12,16-17H,1H3/t12-,16-,17+,19+/m1/s1. The van der Waals surface area contributed by atoms with E-state index < -0.39 is 5.60 Å². The first-order chi connectivity index (χ1) is 10.7. The van der Waals surface area contributed by atoms with Crippen LogP contribution in [0.2, 0.25) is 0 Å². The zero-order chi connectivity index (χ0) is 15.3. The van der Waals surface area contributed by atoms with Gasteiger partial charge in [0.2, 0.25) is 0 Å². The molecular weight excluding hydrogens is 276 g/mol. The van der Waals surface area contributed by atoms with Crippen molar-refractivity contribution in [2.45, 2.75) is 18.4 Å². The normalized spacial score (nSPS) is 32.2. The average Bonchev–Trinajstić information content (AvgIpc) is 2.55. The minimum atomic E-state index is -0.995. The molecule has 2 heterocycles. The van der Waals surface area contributed by atoms with Gasteiger partial charge < -0.3 is 9.53 Å². The summed E-state index contributed by atoms with van der Waals surface area (Å²) in [5.41, 5.74) is 1.80. The van der Waals surface area contributed by atoms with Gasteiger partial charge in [-0.15, -0.1) is 0 Å². The number of carbonyl (C=O) groups excluding carboxylic acids is 2. The van der Waals surface area contributed by atoms with Crippen molar-refractivity contribution in [1.82, 2.24) is 0 Å². The van der Waals surface area contributed by atoms with Gasteiger partial charge in [-0.25, -0.2) is 0 Å². The third kappa shape index (κ3) is 1.46. The van der Waals surface area contributed by atoms with Crippen LogP contribution >= 0.6 is 0 Å². The highest BCUT2D eigenvalue weighted by molar-refractivity contribution is 5.86. The number of aldehydes is 1. The van der Waals surface area contributed by atoms with Gasteiger partial charge in [-0.2, -0.15) is 0 Å². The SMILES string of the molecule is C[C@H]1[C@@H]2C(=O)O[C@@](c3ccccc3)(c3ccccc32)[C@@H]1C=O. The van der Waals surface area contributed by atoms with E-state index in [1.165, 1.54) is 0 Å². The molecule has 0 saturated carbocycles. The monoisotopic (exact) mass is 292 g/mol. The first-order valence-corrected chi connectivity index (χ1v) is 7.53. The lowest BCUT2D eigenvalue weighted by Crippen LogP contribution is -2.57. The fourth-order valence-electron chi connectivity index (χ4n) is 4.15. The summed E-state index contributed by atoms with van der Waals surface area (Å²) in [7, 11) is 0. The van der Waals surface area contributed by atoms with Crippen molar-refractivity contribution in [1.29, 1.82) is 0 Å². The smallest absolute Gasteiger partial charge is 0.314 e. The molecule has 2 aromatic rings. The average molecular weight is 292 g/mol. The van der Waals surface area contributed by atoms with Crippen LogP contribution in [0.4, 0.5) is 0 Å². The number of benzene rings is 2. The summed E-state index contributed by atoms with van der Waals surface area (Å²) >= 11 is 0. The number of ether oxygens (including phenoxy) is 1. The highest BCUT2D eigenvalue weighted by Gasteiger charge is 2.61. The number of hydrogen-bond acceptors (Lipinski definition) is 3. The van der Waals surface area contributed by atoms with Crippen LogP contribution in [0, 0.1) is 11.8 Å². The van der Waals surface area contributed by atoms with Gasteiger partial charge in [0, 0.05) is 11.1 Å². The van der Waals surface area contributed by atoms with Crippen LogP contribution in [0.1, 0.15) is 29.5 Å². The lowest BCUT2D eigenvalue weighted by Gasteiger charge is -2.53. The van der Waals surface area contributed by atoms with Crippen molar-refractivity contribution in [2.24, 2.45) is 11.8 Å². The van der Waals surface area contributed by atoms with E-state index in [-0.39, 0.29) is 23.7 Å². The summed E-state index contributed by atoms with van der Waals surface area (Å²) in [5, 5.41) is 0. The topological polar surface area (TPSA) is 43.4 Å². The minimum Gasteiger partial charge on any atom is -0.448 e. The molecule has 5 rings (SSSR count). The first kappa shape index (κ1) is 13.3. The Hall–Kier alpha value is -2.42. The maximum atomic E-state index is 12.5. The molecule has 0 amide bonds. The third-order valence-electron chi connectivity index (χ3n) is 5.12. The van der Waals surface area contributed by atoms with Gasteiger partial charge in [0.25, 0.3) is 0 Å². The molecule has 2 aliphatic heterocycles. The Morgan fingerprint density at radius 2 is 1.73 bits per heavy atom. The molecule has 1 fully saturated rings. The van der Waals surface area contributed by atoms with Crippen LogP contribution in [0.15, 0.2) is 54.6 Å². The van der Waals surface area contributed by atoms with Gasteiger partial charge in [0.15, 0.2) is 5.60 Å². The second kappa shape index (κ2) is 4.54. The van der Waals surface area contributed by atoms with Crippen LogP contribution < -0.4 is 0 Å². The maximum Gasteiger partial charge on any atom is 0.314 e. The molecule has 2 aromatic carbocycles. The van der Waals surface area contributed by atoms with E-state index in [2.05, 4.69) is 0 Å². The second-order valence-electron chi connectivity index (χ2n) is 6.11. The van der Waals surface area contributed by atoms with Crippen LogP contribution in [0.25, 0.3) is 0 Å². The molecule has 0 spiro atoms. The fourth-order valence-corrected chi connectivity index (χ4v) is 4.15. The molecule has 22 heavy (non-hydrogen) atoms. The number of fused-ring (bicyclic) bond motifs is 2. The van der Waals surface area contributed by atoms with Gasteiger partial charge in [-0.3, -0.25) is 4.79 Å². The Morgan fingerprint density at radius 3 is 2.45 bits per heavy atom.